The zero-order valence-electron chi connectivity index (χ0n) is 26.4. The zero-order valence-corrected chi connectivity index (χ0v) is 26.4. The second kappa shape index (κ2) is 15.6. The number of nitrogens with one attached hydrogen (secondary N) is 2. The molecule has 244 valence electrons. The summed E-state index contributed by atoms with van der Waals surface area (Å²) in [5, 5.41) is 5.45. The number of ether oxygens (including phenoxy) is 4. The number of cyclic esters (lactones) is 1. The quantitative estimate of drug-likeness (QED) is 0.179. The number of hydrogen-bond acceptors (Lipinski definition) is 7. The summed E-state index contributed by atoms with van der Waals surface area (Å²) in [6.07, 6.45) is -4.77. The van der Waals surface area contributed by atoms with Gasteiger partial charge in [0.15, 0.2) is 0 Å². The van der Waals surface area contributed by atoms with E-state index in [-0.39, 0.29) is 60.5 Å². The molecule has 12 heteroatoms. The van der Waals surface area contributed by atoms with Crippen LogP contribution in [0.5, 0.6) is 5.75 Å². The number of hydrogen-bond donors (Lipinski definition) is 2. The molecule has 2 rings (SSSR count). The molecule has 2 N–H and O–H groups in total. The Balaban J connectivity index is 2.26. The molecule has 0 saturated carbocycles. The van der Waals surface area contributed by atoms with Gasteiger partial charge >= 0.3 is 18.2 Å². The van der Waals surface area contributed by atoms with Crippen molar-refractivity contribution in [2.45, 2.75) is 98.1 Å². The SMILES string of the molecule is COCCCOc1ccc(C(F)(F)F)cc1NC(=O)C[C@@H](C[C@H](NC(=O)OC(C)(C)C)[C@H]1C[C@@H](C(C)C)C(=O)O1)C(C)C. The van der Waals surface area contributed by atoms with Crippen LogP contribution in [0.3, 0.4) is 0 Å². The van der Waals surface area contributed by atoms with Crippen LogP contribution in [0.2, 0.25) is 0 Å². The molecule has 1 aromatic carbocycles. The number of alkyl halides is 3. The predicted octanol–water partition coefficient (Wildman–Crippen LogP) is 6.59. The normalized spacial score (nSPS) is 18.8. The number of alkyl carbamates (subject to hydrolysis) is 1. The molecule has 9 nitrogen and oxygen atoms in total. The predicted molar refractivity (Wildman–Crippen MR) is 156 cm³/mol. The summed E-state index contributed by atoms with van der Waals surface area (Å²) in [4.78, 5) is 38.6. The van der Waals surface area contributed by atoms with E-state index in [2.05, 4.69) is 10.6 Å². The maximum Gasteiger partial charge on any atom is 0.416 e. The fraction of sp³-hybridized carbons (Fsp3) is 0.710. The largest absolute Gasteiger partial charge is 0.491 e. The van der Waals surface area contributed by atoms with Crippen LogP contribution < -0.4 is 15.4 Å². The molecule has 4 atom stereocenters. The van der Waals surface area contributed by atoms with Gasteiger partial charge in [-0.2, -0.15) is 13.2 Å². The lowest BCUT2D eigenvalue weighted by atomic mass is 9.83. The monoisotopic (exact) mass is 616 g/mol. The van der Waals surface area contributed by atoms with Gasteiger partial charge in [0.25, 0.3) is 0 Å². The Hall–Kier alpha value is -3.02. The van der Waals surface area contributed by atoms with Crippen molar-refractivity contribution < 1.29 is 46.5 Å². The molecular weight excluding hydrogens is 569 g/mol. The van der Waals surface area contributed by atoms with E-state index in [1.165, 1.54) is 13.2 Å². The standard InChI is InChI=1S/C31H47F3N2O7/c1-18(2)20(14-23(36-29(39)43-30(5,6)7)26-17-22(19(3)4)28(38)42-26)15-27(37)35-24-16-21(31(32,33)34)10-11-25(24)41-13-9-12-40-8/h10-11,16,18-20,22-23,26H,9,12-15,17H2,1-8H3,(H,35,37)(H,36,39)/t20-,22+,23+,26-/m1/s1. The minimum Gasteiger partial charge on any atom is -0.491 e. The van der Waals surface area contributed by atoms with Gasteiger partial charge in [-0.05, 0) is 69.6 Å². The van der Waals surface area contributed by atoms with Crippen LogP contribution in [0.4, 0.5) is 23.7 Å². The topological polar surface area (TPSA) is 112 Å². The highest BCUT2D eigenvalue weighted by molar-refractivity contribution is 5.92. The second-order valence-electron chi connectivity index (χ2n) is 12.7. The fourth-order valence-electron chi connectivity index (χ4n) is 4.86. The lowest BCUT2D eigenvalue weighted by molar-refractivity contribution is -0.146. The number of rotatable bonds is 14. The Labute approximate surface area is 252 Å². The van der Waals surface area contributed by atoms with Crippen LogP contribution in [0.25, 0.3) is 0 Å². The number of esters is 1. The number of methoxy groups -OCH3 is 1. The van der Waals surface area contributed by atoms with Crippen LogP contribution >= 0.6 is 0 Å². The van der Waals surface area contributed by atoms with Crippen molar-refractivity contribution in [2.75, 3.05) is 25.6 Å². The van der Waals surface area contributed by atoms with Crippen LogP contribution in [-0.4, -0.2) is 56.0 Å². The maximum atomic E-state index is 13.5. The first-order valence-corrected chi connectivity index (χ1v) is 14.7. The number of benzene rings is 1. The fourth-order valence-corrected chi connectivity index (χ4v) is 4.86. The first kappa shape index (κ1) is 36.2. The highest BCUT2D eigenvalue weighted by Crippen LogP contribution is 2.36. The van der Waals surface area contributed by atoms with E-state index < -0.39 is 41.5 Å². The van der Waals surface area contributed by atoms with E-state index in [9.17, 15) is 27.6 Å². The first-order valence-electron chi connectivity index (χ1n) is 14.7. The Kier molecular flexibility index (Phi) is 13.1. The van der Waals surface area contributed by atoms with Gasteiger partial charge in [0, 0.05) is 26.6 Å². The van der Waals surface area contributed by atoms with Gasteiger partial charge in [0.1, 0.15) is 17.5 Å². The van der Waals surface area contributed by atoms with Gasteiger partial charge in [0.05, 0.1) is 29.8 Å². The summed E-state index contributed by atoms with van der Waals surface area (Å²) in [5.74, 6) is -1.40. The van der Waals surface area contributed by atoms with E-state index in [1.807, 2.05) is 27.7 Å². The highest BCUT2D eigenvalue weighted by atomic mass is 19.4. The molecular formula is C31H47F3N2O7. The van der Waals surface area contributed by atoms with Gasteiger partial charge in [-0.3, -0.25) is 9.59 Å². The Morgan fingerprint density at radius 2 is 1.77 bits per heavy atom. The molecule has 1 aliphatic rings. The summed E-state index contributed by atoms with van der Waals surface area (Å²) < 4.78 is 62.1. The van der Waals surface area contributed by atoms with E-state index in [1.54, 1.807) is 20.8 Å². The summed E-state index contributed by atoms with van der Waals surface area (Å²) in [5.41, 5.74) is -1.77. The third-order valence-electron chi connectivity index (χ3n) is 7.29. The van der Waals surface area contributed by atoms with Crippen LogP contribution in [0, 0.1) is 23.7 Å². The average molecular weight is 617 g/mol. The number of halogens is 3. The molecule has 43 heavy (non-hydrogen) atoms. The number of amides is 2. The molecule has 0 aromatic heterocycles. The van der Waals surface area contributed by atoms with Gasteiger partial charge in [-0.25, -0.2) is 4.79 Å². The van der Waals surface area contributed by atoms with E-state index in [0.29, 0.717) is 19.4 Å². The Morgan fingerprint density at radius 1 is 1.09 bits per heavy atom. The minimum absolute atomic E-state index is 0.0460. The van der Waals surface area contributed by atoms with Crippen molar-refractivity contribution in [1.82, 2.24) is 5.32 Å². The van der Waals surface area contributed by atoms with Gasteiger partial charge in [0.2, 0.25) is 5.91 Å². The van der Waals surface area contributed by atoms with Crippen LogP contribution in [-0.2, 0) is 30.0 Å². The molecule has 0 spiro atoms. The Morgan fingerprint density at radius 3 is 2.30 bits per heavy atom. The molecule has 1 aromatic rings. The van der Waals surface area contributed by atoms with Crippen molar-refractivity contribution in [3.63, 3.8) is 0 Å². The highest BCUT2D eigenvalue weighted by Gasteiger charge is 2.42. The van der Waals surface area contributed by atoms with Crippen molar-refractivity contribution in [3.05, 3.63) is 23.8 Å². The van der Waals surface area contributed by atoms with Crippen molar-refractivity contribution in [3.8, 4) is 5.75 Å². The first-order chi connectivity index (χ1) is 19.9. The average Bonchev–Trinajstić information content (AvgIpc) is 3.26. The van der Waals surface area contributed by atoms with Crippen molar-refractivity contribution in [1.29, 1.82) is 0 Å². The lowest BCUT2D eigenvalue weighted by Crippen LogP contribution is -2.47. The number of carbonyl (C=O) groups is 3. The number of carbonyl (C=O) groups excluding carboxylic acids is 3. The van der Waals surface area contributed by atoms with Gasteiger partial charge in [-0.1, -0.05) is 27.7 Å². The summed E-state index contributed by atoms with van der Waals surface area (Å²) in [6, 6.07) is 2.30. The van der Waals surface area contributed by atoms with Gasteiger partial charge < -0.3 is 29.6 Å². The molecule has 1 aliphatic heterocycles. The van der Waals surface area contributed by atoms with Crippen LogP contribution in [0.1, 0.15) is 79.7 Å². The Bertz CT molecular complexity index is 1090. The summed E-state index contributed by atoms with van der Waals surface area (Å²) >= 11 is 0. The molecule has 0 bridgehead atoms. The molecule has 2 amide bonds. The molecule has 1 fully saturated rings. The van der Waals surface area contributed by atoms with Crippen molar-refractivity contribution in [2.24, 2.45) is 23.7 Å². The maximum absolute atomic E-state index is 13.5. The molecule has 0 aliphatic carbocycles. The lowest BCUT2D eigenvalue weighted by Gasteiger charge is -2.31. The molecule has 1 heterocycles. The molecule has 0 unspecified atom stereocenters. The molecule has 0 radical (unpaired) electrons. The van der Waals surface area contributed by atoms with E-state index in [4.69, 9.17) is 18.9 Å². The second-order valence-corrected chi connectivity index (χ2v) is 12.7. The van der Waals surface area contributed by atoms with E-state index in [0.717, 1.165) is 12.1 Å². The minimum atomic E-state index is -4.61. The molecule has 1 saturated heterocycles. The summed E-state index contributed by atoms with van der Waals surface area (Å²) in [6.45, 7) is 13.5. The van der Waals surface area contributed by atoms with Gasteiger partial charge in [-0.15, -0.1) is 0 Å². The van der Waals surface area contributed by atoms with Crippen molar-refractivity contribution >= 4 is 23.7 Å². The third-order valence-corrected chi connectivity index (χ3v) is 7.29. The van der Waals surface area contributed by atoms with Crippen LogP contribution in [0.15, 0.2) is 18.2 Å². The van der Waals surface area contributed by atoms with E-state index >= 15 is 0 Å². The zero-order chi connectivity index (χ0) is 32.5. The smallest absolute Gasteiger partial charge is 0.416 e. The third kappa shape index (κ3) is 11.9. The summed E-state index contributed by atoms with van der Waals surface area (Å²) in [7, 11) is 1.53. The number of anilines is 1.